The van der Waals surface area contributed by atoms with E-state index in [1.807, 2.05) is 0 Å². The molecule has 1 fully saturated rings. The highest BCUT2D eigenvalue weighted by Crippen LogP contribution is 2.23. The number of nitrogens with zero attached hydrogens (tertiary/aromatic N) is 3. The van der Waals surface area contributed by atoms with E-state index in [1.54, 1.807) is 24.5 Å². The first-order valence-corrected chi connectivity index (χ1v) is 6.78. The molecule has 2 N–H and O–H groups in total. The molecular weight excluding hydrogens is 278 g/mol. The average molecular weight is 291 g/mol. The molecule has 1 aromatic heterocycles. The highest BCUT2D eigenvalue weighted by molar-refractivity contribution is 8.15. The van der Waals surface area contributed by atoms with Crippen molar-refractivity contribution in [2.24, 2.45) is 4.99 Å². The molecule has 2 rings (SSSR count). The van der Waals surface area contributed by atoms with Crippen LogP contribution in [0, 0.1) is 0 Å². The van der Waals surface area contributed by atoms with Crippen molar-refractivity contribution >= 4 is 34.7 Å². The molecular formula is C12H13N5O2S. The Morgan fingerprint density at radius 1 is 1.55 bits per heavy atom. The maximum absolute atomic E-state index is 11.7. The van der Waals surface area contributed by atoms with Gasteiger partial charge in [-0.05, 0) is 6.07 Å². The Kier molecular flexibility index (Phi) is 4.83. The number of hydrogen-bond acceptors (Lipinski definition) is 6. The van der Waals surface area contributed by atoms with E-state index in [9.17, 15) is 9.59 Å². The molecule has 0 bridgehead atoms. The Hall–Kier alpha value is -2.22. The van der Waals surface area contributed by atoms with Gasteiger partial charge in [0.15, 0.2) is 5.17 Å². The summed E-state index contributed by atoms with van der Waals surface area (Å²) < 4.78 is 0. The summed E-state index contributed by atoms with van der Waals surface area (Å²) in [7, 11) is 0. The molecule has 1 atom stereocenters. The number of amidine groups is 1. The van der Waals surface area contributed by atoms with Crippen molar-refractivity contribution in [3.63, 3.8) is 0 Å². The molecule has 8 heteroatoms. The summed E-state index contributed by atoms with van der Waals surface area (Å²) in [5.74, 6) is -0.166. The summed E-state index contributed by atoms with van der Waals surface area (Å²) in [6.45, 7) is 3.89. The molecule has 0 saturated carbocycles. The van der Waals surface area contributed by atoms with Crippen LogP contribution < -0.4 is 10.6 Å². The molecule has 20 heavy (non-hydrogen) atoms. The van der Waals surface area contributed by atoms with E-state index in [0.717, 1.165) is 0 Å². The maximum Gasteiger partial charge on any atom is 0.251 e. The number of hydrogen-bond donors (Lipinski definition) is 2. The Balaban J connectivity index is 1.95. The third-order valence-electron chi connectivity index (χ3n) is 2.34. The second-order valence-electron chi connectivity index (χ2n) is 3.86. The predicted molar refractivity (Wildman–Crippen MR) is 76.5 cm³/mol. The van der Waals surface area contributed by atoms with Crippen LogP contribution >= 0.6 is 11.8 Å². The van der Waals surface area contributed by atoms with E-state index in [1.165, 1.54) is 11.8 Å². The first kappa shape index (κ1) is 14.2. The van der Waals surface area contributed by atoms with E-state index in [-0.39, 0.29) is 24.2 Å². The van der Waals surface area contributed by atoms with Gasteiger partial charge in [0.05, 0.1) is 0 Å². The second-order valence-corrected chi connectivity index (χ2v) is 5.05. The van der Waals surface area contributed by atoms with Crippen LogP contribution in [0.4, 0.5) is 5.95 Å². The van der Waals surface area contributed by atoms with Crippen molar-refractivity contribution in [3.05, 3.63) is 31.1 Å². The van der Waals surface area contributed by atoms with Crippen LogP contribution in [0.5, 0.6) is 0 Å². The zero-order valence-electron chi connectivity index (χ0n) is 10.6. The standard InChI is InChI=1S/C12H13N5O2S/c1-2-4-13-9(18)7-8-10(19)16-12(20-8)17-11-14-5-3-6-15-11/h2-3,5-6,8H,1,4,7H2,(H,13,18)(H,14,15,16,17,19). The van der Waals surface area contributed by atoms with E-state index in [4.69, 9.17) is 0 Å². The number of aromatic nitrogens is 2. The first-order chi connectivity index (χ1) is 9.69. The molecule has 0 aromatic carbocycles. The molecule has 0 aliphatic carbocycles. The molecule has 1 saturated heterocycles. The number of carbonyl (C=O) groups is 2. The van der Waals surface area contributed by atoms with Crippen LogP contribution in [0.3, 0.4) is 0 Å². The normalized spacial score (nSPS) is 19.7. The van der Waals surface area contributed by atoms with Gasteiger partial charge in [-0.1, -0.05) is 17.8 Å². The van der Waals surface area contributed by atoms with Gasteiger partial charge in [-0.2, -0.15) is 4.99 Å². The lowest BCUT2D eigenvalue weighted by molar-refractivity contribution is -0.124. The van der Waals surface area contributed by atoms with E-state index >= 15 is 0 Å². The minimum absolute atomic E-state index is 0.0962. The second kappa shape index (κ2) is 6.80. The van der Waals surface area contributed by atoms with E-state index in [2.05, 4.69) is 32.2 Å². The first-order valence-electron chi connectivity index (χ1n) is 5.90. The molecule has 1 aliphatic heterocycles. The molecule has 104 valence electrons. The van der Waals surface area contributed by atoms with E-state index < -0.39 is 5.25 Å². The number of aliphatic imine (C=N–C) groups is 1. The molecule has 7 nitrogen and oxygen atoms in total. The predicted octanol–water partition coefficient (Wildman–Crippen LogP) is 0.388. The third kappa shape index (κ3) is 3.89. The fourth-order valence-electron chi connectivity index (χ4n) is 1.46. The van der Waals surface area contributed by atoms with Gasteiger partial charge < -0.3 is 10.6 Å². The van der Waals surface area contributed by atoms with Crippen LogP contribution in [0.2, 0.25) is 0 Å². The zero-order chi connectivity index (χ0) is 14.4. The van der Waals surface area contributed by atoms with Gasteiger partial charge >= 0.3 is 0 Å². The summed E-state index contributed by atoms with van der Waals surface area (Å²) in [5, 5.41) is 5.16. The number of thioether (sulfide) groups is 1. The largest absolute Gasteiger partial charge is 0.353 e. The Bertz CT molecular complexity index is 546. The lowest BCUT2D eigenvalue weighted by Gasteiger charge is -2.04. The van der Waals surface area contributed by atoms with Crippen LogP contribution in [-0.4, -0.2) is 38.7 Å². The average Bonchev–Trinajstić information content (AvgIpc) is 2.77. The molecule has 1 aromatic rings. The summed E-state index contributed by atoms with van der Waals surface area (Å²) >= 11 is 1.20. The minimum Gasteiger partial charge on any atom is -0.353 e. The van der Waals surface area contributed by atoms with Gasteiger partial charge in [-0.15, -0.1) is 6.58 Å². The lowest BCUT2D eigenvalue weighted by atomic mass is 10.2. The van der Waals surface area contributed by atoms with Crippen LogP contribution in [0.15, 0.2) is 36.1 Å². The minimum atomic E-state index is -0.484. The van der Waals surface area contributed by atoms with Gasteiger partial charge in [0.2, 0.25) is 11.8 Å². The molecule has 1 unspecified atom stereocenters. The van der Waals surface area contributed by atoms with Gasteiger partial charge in [-0.25, -0.2) is 9.97 Å². The topological polar surface area (TPSA) is 96.3 Å². The Labute approximate surface area is 120 Å². The molecule has 1 aliphatic rings. The molecule has 0 spiro atoms. The van der Waals surface area contributed by atoms with Crippen molar-refractivity contribution in [1.29, 1.82) is 0 Å². The summed E-state index contributed by atoms with van der Waals surface area (Å²) in [6, 6.07) is 1.68. The molecule has 2 heterocycles. The van der Waals surface area contributed by atoms with Crippen molar-refractivity contribution in [1.82, 2.24) is 20.6 Å². The van der Waals surface area contributed by atoms with Crippen LogP contribution in [0.1, 0.15) is 6.42 Å². The van der Waals surface area contributed by atoms with Gasteiger partial charge in [-0.3, -0.25) is 9.59 Å². The third-order valence-corrected chi connectivity index (χ3v) is 3.43. The smallest absolute Gasteiger partial charge is 0.251 e. The highest BCUT2D eigenvalue weighted by Gasteiger charge is 2.32. The number of carbonyl (C=O) groups excluding carboxylic acids is 2. The Morgan fingerprint density at radius 3 is 3.00 bits per heavy atom. The molecule has 0 radical (unpaired) electrons. The SMILES string of the molecule is C=CCNC(=O)CC1S/C(=N\c2ncccn2)NC1=O. The number of rotatable bonds is 5. The summed E-state index contributed by atoms with van der Waals surface area (Å²) in [5.41, 5.74) is 0. The van der Waals surface area contributed by atoms with Crippen molar-refractivity contribution in [2.45, 2.75) is 11.7 Å². The van der Waals surface area contributed by atoms with Gasteiger partial charge in [0, 0.05) is 25.4 Å². The Morgan fingerprint density at radius 2 is 2.30 bits per heavy atom. The lowest BCUT2D eigenvalue weighted by Crippen LogP contribution is -2.31. The highest BCUT2D eigenvalue weighted by atomic mass is 32.2. The fourth-order valence-corrected chi connectivity index (χ4v) is 2.42. The van der Waals surface area contributed by atoms with Gasteiger partial charge in [0.25, 0.3) is 5.95 Å². The van der Waals surface area contributed by atoms with Crippen LogP contribution in [0.25, 0.3) is 0 Å². The fraction of sp³-hybridized carbons (Fsp3) is 0.250. The molecule has 2 amide bonds. The van der Waals surface area contributed by atoms with Crippen molar-refractivity contribution in [3.8, 4) is 0 Å². The van der Waals surface area contributed by atoms with E-state index in [0.29, 0.717) is 11.7 Å². The van der Waals surface area contributed by atoms with Crippen LogP contribution in [-0.2, 0) is 9.59 Å². The number of nitrogens with one attached hydrogen (secondary N) is 2. The van der Waals surface area contributed by atoms with Crippen molar-refractivity contribution < 1.29 is 9.59 Å². The monoisotopic (exact) mass is 291 g/mol. The van der Waals surface area contributed by atoms with Crippen molar-refractivity contribution in [2.75, 3.05) is 6.54 Å². The summed E-state index contributed by atoms with van der Waals surface area (Å²) in [4.78, 5) is 35.3. The van der Waals surface area contributed by atoms with Gasteiger partial charge in [0.1, 0.15) is 5.25 Å². The number of amides is 2. The maximum atomic E-state index is 11.7. The summed E-state index contributed by atoms with van der Waals surface area (Å²) in [6.07, 6.45) is 4.81. The zero-order valence-corrected chi connectivity index (χ0v) is 11.4. The quantitative estimate of drug-likeness (QED) is 0.765.